The molecule has 16 heavy (non-hydrogen) atoms. The molecule has 0 N–H and O–H groups in total. The molecule has 0 heterocycles. The topological polar surface area (TPSA) is 0 Å². The maximum atomic E-state index is 2.24. The van der Waals surface area contributed by atoms with Crippen LogP contribution in [0.4, 0.5) is 0 Å². The summed E-state index contributed by atoms with van der Waals surface area (Å²) >= 11 is 0. The quantitative estimate of drug-likeness (QED) is 0.621. The minimum atomic E-state index is 1.16. The van der Waals surface area contributed by atoms with Gasteiger partial charge in [-0.05, 0) is 48.9 Å². The van der Waals surface area contributed by atoms with Crippen LogP contribution in [0.5, 0.6) is 0 Å². The van der Waals surface area contributed by atoms with Crippen molar-refractivity contribution in [3.63, 3.8) is 0 Å². The van der Waals surface area contributed by atoms with E-state index < -0.39 is 0 Å². The number of rotatable bonds is 2. The number of hydrogen-bond acceptors (Lipinski definition) is 0. The zero-order chi connectivity index (χ0) is 13.1. The summed E-state index contributed by atoms with van der Waals surface area (Å²) in [6, 6.07) is 4.46. The Balaban J connectivity index is 0. The predicted octanol–water partition coefficient (Wildman–Crippen LogP) is 5.48. The maximum absolute atomic E-state index is 2.24. The fraction of sp³-hybridized carbons (Fsp3) is 0.625. The van der Waals surface area contributed by atoms with Gasteiger partial charge in [0.2, 0.25) is 0 Å². The molecule has 0 nitrogen and oxygen atoms in total. The first kappa shape index (κ1) is 17.6. The van der Waals surface area contributed by atoms with Crippen molar-refractivity contribution in [3.8, 4) is 0 Å². The number of aryl methyl sites for hydroxylation is 2. The van der Waals surface area contributed by atoms with Gasteiger partial charge in [0.1, 0.15) is 0 Å². The molecule has 0 saturated carbocycles. The molecule has 94 valence electrons. The second-order valence-corrected chi connectivity index (χ2v) is 3.36. The zero-order valence-electron chi connectivity index (χ0n) is 12.6. The summed E-state index contributed by atoms with van der Waals surface area (Å²) in [7, 11) is 0. The van der Waals surface area contributed by atoms with Gasteiger partial charge in [-0.3, -0.25) is 0 Å². The van der Waals surface area contributed by atoms with Gasteiger partial charge < -0.3 is 0 Å². The van der Waals surface area contributed by atoms with Crippen molar-refractivity contribution in [3.05, 3.63) is 34.4 Å². The first-order valence-corrected chi connectivity index (χ1v) is 6.78. The molecule has 0 fully saturated rings. The van der Waals surface area contributed by atoms with Gasteiger partial charge in [0, 0.05) is 0 Å². The molecule has 0 aliphatic rings. The molecule has 0 spiro atoms. The fourth-order valence-electron chi connectivity index (χ4n) is 1.91. The van der Waals surface area contributed by atoms with Gasteiger partial charge >= 0.3 is 0 Å². The lowest BCUT2D eigenvalue weighted by atomic mass is 9.94. The molecule has 0 aliphatic carbocycles. The Labute approximate surface area is 103 Å². The summed E-state index contributed by atoms with van der Waals surface area (Å²) < 4.78 is 0. The van der Waals surface area contributed by atoms with E-state index in [4.69, 9.17) is 0 Å². The molecule has 1 aromatic rings. The number of benzene rings is 1. The molecule has 1 rings (SSSR count). The van der Waals surface area contributed by atoms with E-state index in [2.05, 4.69) is 39.8 Å². The summed E-state index contributed by atoms with van der Waals surface area (Å²) in [5, 5.41) is 0. The SMILES string of the molecule is CC.CC.CCc1c(C)ccc(C)c1CC. The van der Waals surface area contributed by atoms with E-state index in [1.165, 1.54) is 11.1 Å². The molecule has 0 aliphatic heterocycles. The van der Waals surface area contributed by atoms with E-state index in [9.17, 15) is 0 Å². The second kappa shape index (κ2) is 10.7. The normalized spacial score (nSPS) is 8.50. The Morgan fingerprint density at radius 1 is 0.688 bits per heavy atom. The monoisotopic (exact) mass is 222 g/mol. The van der Waals surface area contributed by atoms with Crippen molar-refractivity contribution in [1.29, 1.82) is 0 Å². The molecule has 0 radical (unpaired) electrons. The van der Waals surface area contributed by atoms with Crippen LogP contribution in [0.1, 0.15) is 63.8 Å². The van der Waals surface area contributed by atoms with Gasteiger partial charge in [-0.15, -0.1) is 0 Å². The van der Waals surface area contributed by atoms with Gasteiger partial charge in [0.15, 0.2) is 0 Å². The average molecular weight is 222 g/mol. The lowest BCUT2D eigenvalue weighted by Gasteiger charge is -2.12. The molecule has 0 aromatic heterocycles. The molecule has 0 heteroatoms. The van der Waals surface area contributed by atoms with Gasteiger partial charge in [-0.1, -0.05) is 53.7 Å². The van der Waals surface area contributed by atoms with Crippen molar-refractivity contribution in [2.75, 3.05) is 0 Å². The Morgan fingerprint density at radius 3 is 1.12 bits per heavy atom. The standard InChI is InChI=1S/C12H18.2C2H6/c1-5-11-9(3)7-8-10(4)12(11)6-2;2*1-2/h7-8H,5-6H2,1-4H3;2*1-2H3. The largest absolute Gasteiger partial charge is 0.0683 e. The Morgan fingerprint density at radius 2 is 0.938 bits per heavy atom. The van der Waals surface area contributed by atoms with Crippen molar-refractivity contribution in [2.24, 2.45) is 0 Å². The van der Waals surface area contributed by atoms with E-state index in [-0.39, 0.29) is 0 Å². The van der Waals surface area contributed by atoms with Crippen LogP contribution in [0, 0.1) is 13.8 Å². The smallest absolute Gasteiger partial charge is 0.0302 e. The molecule has 0 bridgehead atoms. The van der Waals surface area contributed by atoms with E-state index in [0.29, 0.717) is 0 Å². The summed E-state index contributed by atoms with van der Waals surface area (Å²) in [6.07, 6.45) is 2.33. The molecule has 0 unspecified atom stereocenters. The van der Waals surface area contributed by atoms with Gasteiger partial charge in [-0.25, -0.2) is 0 Å². The van der Waals surface area contributed by atoms with Crippen molar-refractivity contribution >= 4 is 0 Å². The average Bonchev–Trinajstić information content (AvgIpc) is 2.36. The Kier molecular flexibility index (Phi) is 11.8. The van der Waals surface area contributed by atoms with Crippen LogP contribution in [-0.4, -0.2) is 0 Å². The van der Waals surface area contributed by atoms with Crippen molar-refractivity contribution < 1.29 is 0 Å². The van der Waals surface area contributed by atoms with Crippen LogP contribution in [0.3, 0.4) is 0 Å². The van der Waals surface area contributed by atoms with Crippen molar-refractivity contribution in [1.82, 2.24) is 0 Å². The molecule has 0 saturated heterocycles. The van der Waals surface area contributed by atoms with Crippen LogP contribution in [0.15, 0.2) is 12.1 Å². The molecule has 0 amide bonds. The maximum Gasteiger partial charge on any atom is -0.0302 e. The molecular weight excluding hydrogens is 192 g/mol. The van der Waals surface area contributed by atoms with Crippen molar-refractivity contribution in [2.45, 2.75) is 68.2 Å². The summed E-state index contributed by atoms with van der Waals surface area (Å²) in [5.41, 5.74) is 6.00. The summed E-state index contributed by atoms with van der Waals surface area (Å²) in [6.45, 7) is 16.9. The minimum Gasteiger partial charge on any atom is -0.0683 e. The molecular formula is C16H30. The summed E-state index contributed by atoms with van der Waals surface area (Å²) in [4.78, 5) is 0. The fourth-order valence-corrected chi connectivity index (χ4v) is 1.91. The lowest BCUT2D eigenvalue weighted by molar-refractivity contribution is 1.00. The molecule has 0 atom stereocenters. The lowest BCUT2D eigenvalue weighted by Crippen LogP contribution is -1.97. The highest BCUT2D eigenvalue weighted by atomic mass is 14.1. The zero-order valence-corrected chi connectivity index (χ0v) is 12.6. The first-order chi connectivity index (χ1) is 7.70. The highest BCUT2D eigenvalue weighted by Gasteiger charge is 2.04. The molecule has 1 aromatic carbocycles. The first-order valence-electron chi connectivity index (χ1n) is 6.78. The van der Waals surface area contributed by atoms with E-state index >= 15 is 0 Å². The Hall–Kier alpha value is -0.780. The van der Waals surface area contributed by atoms with Crippen LogP contribution < -0.4 is 0 Å². The minimum absolute atomic E-state index is 1.16. The summed E-state index contributed by atoms with van der Waals surface area (Å²) in [5.74, 6) is 0. The van der Waals surface area contributed by atoms with Gasteiger partial charge in [-0.2, -0.15) is 0 Å². The van der Waals surface area contributed by atoms with E-state index in [1.807, 2.05) is 27.7 Å². The highest BCUT2D eigenvalue weighted by Crippen LogP contribution is 2.19. The third-order valence-electron chi connectivity index (χ3n) is 2.61. The van der Waals surface area contributed by atoms with Crippen LogP contribution in [0.2, 0.25) is 0 Å². The van der Waals surface area contributed by atoms with E-state index in [0.717, 1.165) is 12.8 Å². The van der Waals surface area contributed by atoms with Gasteiger partial charge in [0.25, 0.3) is 0 Å². The third-order valence-corrected chi connectivity index (χ3v) is 2.61. The highest BCUT2D eigenvalue weighted by molar-refractivity contribution is 5.39. The predicted molar refractivity (Wildman–Crippen MR) is 77.4 cm³/mol. The van der Waals surface area contributed by atoms with Crippen LogP contribution in [0.25, 0.3) is 0 Å². The second-order valence-electron chi connectivity index (χ2n) is 3.36. The Bertz CT molecular complexity index is 243. The van der Waals surface area contributed by atoms with E-state index in [1.54, 1.807) is 11.1 Å². The third kappa shape index (κ3) is 4.83. The van der Waals surface area contributed by atoms with Gasteiger partial charge in [0.05, 0.1) is 0 Å². The van der Waals surface area contributed by atoms with Crippen LogP contribution in [-0.2, 0) is 12.8 Å². The van der Waals surface area contributed by atoms with Crippen LogP contribution >= 0.6 is 0 Å². The number of hydrogen-bond donors (Lipinski definition) is 0.